The topological polar surface area (TPSA) is 52.0 Å². The molecule has 0 amide bonds. The van der Waals surface area contributed by atoms with Gasteiger partial charge in [-0.05, 0) is 58.7 Å². The van der Waals surface area contributed by atoms with E-state index in [2.05, 4.69) is 27.3 Å². The van der Waals surface area contributed by atoms with E-state index in [9.17, 15) is 5.26 Å². The zero-order valence-corrected chi connectivity index (χ0v) is 12.7. The molecular weight excluding hydrogens is 248 g/mol. The maximum atomic E-state index is 9.36. The second-order valence-electron chi connectivity index (χ2n) is 5.68. The molecular formula is C16H24N4. The van der Waals surface area contributed by atoms with Crippen molar-refractivity contribution in [2.45, 2.75) is 33.1 Å². The lowest BCUT2D eigenvalue weighted by molar-refractivity contribution is 0.378. The molecule has 0 spiro atoms. The Kier molecular flexibility index (Phi) is 4.97. The zero-order chi connectivity index (χ0) is 14.5. The van der Waals surface area contributed by atoms with Crippen molar-refractivity contribution >= 4 is 5.69 Å². The standard InChI is InChI=1S/C16H24N4/c1-12-10-16(15(11-17)13(2)19-12)20-8-5-14(6-9-20)4-7-18-3/h10,14,18H,4-9H2,1-3H3. The van der Waals surface area contributed by atoms with E-state index in [0.29, 0.717) is 0 Å². The predicted octanol–water partition coefficient (Wildman–Crippen LogP) is 2.40. The maximum absolute atomic E-state index is 9.36. The number of piperidine rings is 1. The van der Waals surface area contributed by atoms with Gasteiger partial charge in [0, 0.05) is 18.8 Å². The van der Waals surface area contributed by atoms with Crippen LogP contribution >= 0.6 is 0 Å². The smallest absolute Gasteiger partial charge is 0.103 e. The first-order chi connectivity index (χ1) is 9.65. The monoisotopic (exact) mass is 272 g/mol. The number of aromatic nitrogens is 1. The van der Waals surface area contributed by atoms with Crippen molar-refractivity contribution in [3.63, 3.8) is 0 Å². The van der Waals surface area contributed by atoms with E-state index in [1.165, 1.54) is 19.3 Å². The molecule has 0 unspecified atom stereocenters. The van der Waals surface area contributed by atoms with Gasteiger partial charge in [0.2, 0.25) is 0 Å². The van der Waals surface area contributed by atoms with E-state index >= 15 is 0 Å². The minimum Gasteiger partial charge on any atom is -0.370 e. The van der Waals surface area contributed by atoms with Gasteiger partial charge in [0.1, 0.15) is 6.07 Å². The second-order valence-corrected chi connectivity index (χ2v) is 5.68. The van der Waals surface area contributed by atoms with Gasteiger partial charge in [0.25, 0.3) is 0 Å². The van der Waals surface area contributed by atoms with E-state index in [4.69, 9.17) is 0 Å². The number of aryl methyl sites for hydroxylation is 2. The molecule has 1 aromatic rings. The molecule has 0 aliphatic carbocycles. The summed E-state index contributed by atoms with van der Waals surface area (Å²) in [6, 6.07) is 4.37. The molecule has 2 heterocycles. The molecule has 1 aliphatic rings. The van der Waals surface area contributed by atoms with Gasteiger partial charge >= 0.3 is 0 Å². The average Bonchev–Trinajstić information content (AvgIpc) is 2.45. The van der Waals surface area contributed by atoms with Gasteiger partial charge in [0.05, 0.1) is 16.9 Å². The van der Waals surface area contributed by atoms with Crippen LogP contribution in [0.4, 0.5) is 5.69 Å². The Labute approximate surface area is 121 Å². The van der Waals surface area contributed by atoms with Crippen molar-refractivity contribution in [3.05, 3.63) is 23.0 Å². The Morgan fingerprint density at radius 3 is 2.70 bits per heavy atom. The highest BCUT2D eigenvalue weighted by molar-refractivity contribution is 5.61. The number of nitrogens with zero attached hydrogens (tertiary/aromatic N) is 3. The van der Waals surface area contributed by atoms with Gasteiger partial charge in [-0.1, -0.05) is 0 Å². The van der Waals surface area contributed by atoms with Crippen molar-refractivity contribution in [2.24, 2.45) is 5.92 Å². The van der Waals surface area contributed by atoms with Crippen molar-refractivity contribution < 1.29 is 0 Å². The largest absolute Gasteiger partial charge is 0.370 e. The average molecular weight is 272 g/mol. The Hall–Kier alpha value is -1.60. The first-order valence-corrected chi connectivity index (χ1v) is 7.43. The number of anilines is 1. The molecule has 0 atom stereocenters. The SMILES string of the molecule is CNCCC1CCN(c2cc(C)nc(C)c2C#N)CC1. The van der Waals surface area contributed by atoms with Crippen LogP contribution in [0.1, 0.15) is 36.2 Å². The summed E-state index contributed by atoms with van der Waals surface area (Å²) in [5.41, 5.74) is 3.66. The van der Waals surface area contributed by atoms with Gasteiger partial charge in [-0.3, -0.25) is 4.98 Å². The third-order valence-corrected chi connectivity index (χ3v) is 4.18. The molecule has 0 aromatic carbocycles. The van der Waals surface area contributed by atoms with Crippen LogP contribution in [-0.2, 0) is 0 Å². The summed E-state index contributed by atoms with van der Waals surface area (Å²) in [7, 11) is 2.01. The normalized spacial score (nSPS) is 16.2. The quantitative estimate of drug-likeness (QED) is 0.914. The van der Waals surface area contributed by atoms with Crippen molar-refractivity contribution in [1.82, 2.24) is 10.3 Å². The number of nitrogens with one attached hydrogen (secondary N) is 1. The molecule has 1 N–H and O–H groups in total. The summed E-state index contributed by atoms with van der Waals surface area (Å²) < 4.78 is 0. The summed E-state index contributed by atoms with van der Waals surface area (Å²) in [4.78, 5) is 6.76. The number of pyridine rings is 1. The highest BCUT2D eigenvalue weighted by Crippen LogP contribution is 2.28. The number of hydrogen-bond donors (Lipinski definition) is 1. The predicted molar refractivity (Wildman–Crippen MR) is 81.9 cm³/mol. The van der Waals surface area contributed by atoms with E-state index in [1.807, 2.05) is 20.9 Å². The van der Waals surface area contributed by atoms with Crippen LogP contribution in [0.2, 0.25) is 0 Å². The highest BCUT2D eigenvalue weighted by Gasteiger charge is 2.22. The zero-order valence-electron chi connectivity index (χ0n) is 12.7. The first-order valence-electron chi connectivity index (χ1n) is 7.43. The van der Waals surface area contributed by atoms with Crippen LogP contribution in [0.25, 0.3) is 0 Å². The second kappa shape index (κ2) is 6.71. The molecule has 0 radical (unpaired) electrons. The van der Waals surface area contributed by atoms with E-state index < -0.39 is 0 Å². The van der Waals surface area contributed by atoms with Gasteiger partial charge in [-0.2, -0.15) is 5.26 Å². The molecule has 2 rings (SSSR count). The van der Waals surface area contributed by atoms with E-state index in [1.54, 1.807) is 0 Å². The van der Waals surface area contributed by atoms with Crippen molar-refractivity contribution in [1.29, 1.82) is 5.26 Å². The van der Waals surface area contributed by atoms with Gasteiger partial charge < -0.3 is 10.2 Å². The van der Waals surface area contributed by atoms with Crippen LogP contribution in [0.5, 0.6) is 0 Å². The van der Waals surface area contributed by atoms with Crippen LogP contribution < -0.4 is 10.2 Å². The minimum atomic E-state index is 0.740. The lowest BCUT2D eigenvalue weighted by Gasteiger charge is -2.34. The fourth-order valence-corrected chi connectivity index (χ4v) is 3.01. The summed E-state index contributed by atoms with van der Waals surface area (Å²) in [6.07, 6.45) is 3.68. The molecule has 4 nitrogen and oxygen atoms in total. The first kappa shape index (κ1) is 14.8. The Morgan fingerprint density at radius 2 is 2.10 bits per heavy atom. The lowest BCUT2D eigenvalue weighted by atomic mass is 9.93. The molecule has 0 saturated carbocycles. The van der Waals surface area contributed by atoms with Gasteiger partial charge in [0.15, 0.2) is 0 Å². The molecule has 4 heteroatoms. The summed E-state index contributed by atoms with van der Waals surface area (Å²) in [5.74, 6) is 0.813. The Bertz CT molecular complexity index is 496. The summed E-state index contributed by atoms with van der Waals surface area (Å²) in [5, 5.41) is 12.6. The van der Waals surface area contributed by atoms with E-state index in [-0.39, 0.29) is 0 Å². The molecule has 1 saturated heterocycles. The third kappa shape index (κ3) is 3.29. The molecule has 1 aromatic heterocycles. The Balaban J connectivity index is 2.09. The summed E-state index contributed by atoms with van der Waals surface area (Å²) >= 11 is 0. The fraction of sp³-hybridized carbons (Fsp3) is 0.625. The Morgan fingerprint density at radius 1 is 1.40 bits per heavy atom. The molecule has 0 bridgehead atoms. The van der Waals surface area contributed by atoms with Gasteiger partial charge in [-0.25, -0.2) is 0 Å². The van der Waals surface area contributed by atoms with Crippen molar-refractivity contribution in [2.75, 3.05) is 31.6 Å². The minimum absolute atomic E-state index is 0.740. The van der Waals surface area contributed by atoms with E-state index in [0.717, 1.165) is 48.2 Å². The summed E-state index contributed by atoms with van der Waals surface area (Å²) in [6.45, 7) is 7.12. The van der Waals surface area contributed by atoms with Gasteiger partial charge in [-0.15, -0.1) is 0 Å². The van der Waals surface area contributed by atoms with Crippen LogP contribution in [0, 0.1) is 31.1 Å². The van der Waals surface area contributed by atoms with Crippen LogP contribution in [0.15, 0.2) is 6.07 Å². The molecule has 1 fully saturated rings. The molecule has 1 aliphatic heterocycles. The van der Waals surface area contributed by atoms with Crippen LogP contribution in [0.3, 0.4) is 0 Å². The van der Waals surface area contributed by atoms with Crippen molar-refractivity contribution in [3.8, 4) is 6.07 Å². The maximum Gasteiger partial charge on any atom is 0.103 e. The highest BCUT2D eigenvalue weighted by atomic mass is 15.1. The number of rotatable bonds is 4. The number of hydrogen-bond acceptors (Lipinski definition) is 4. The fourth-order valence-electron chi connectivity index (χ4n) is 3.01. The lowest BCUT2D eigenvalue weighted by Crippen LogP contribution is -2.35. The van der Waals surface area contributed by atoms with Crippen LogP contribution in [-0.4, -0.2) is 31.7 Å². The third-order valence-electron chi connectivity index (χ3n) is 4.18. The molecule has 20 heavy (non-hydrogen) atoms. The molecule has 108 valence electrons. The number of nitriles is 1.